The van der Waals surface area contributed by atoms with Crippen LogP contribution in [0.25, 0.3) is 10.9 Å². The standard InChI is InChI=1S/C20H28N2O2/c1-12-8-9-15-16(19(20(23)24)22(4)18(15)10-12)11-21-17-7-5-6-13(2)14(17)3/h8-10,13-14,17,21H,5-7,11H2,1-4H3,(H,23,24)/t13-,14-,17-/m1/s1. The fraction of sp³-hybridized carbons (Fsp3) is 0.550. The van der Waals surface area contributed by atoms with Crippen molar-refractivity contribution in [3.05, 3.63) is 35.0 Å². The first-order chi connectivity index (χ1) is 11.4. The number of nitrogens with zero attached hydrogens (tertiary/aromatic N) is 1. The Balaban J connectivity index is 1.93. The molecule has 1 aliphatic rings. The maximum absolute atomic E-state index is 11.8. The number of aromatic nitrogens is 1. The quantitative estimate of drug-likeness (QED) is 0.888. The van der Waals surface area contributed by atoms with Crippen LogP contribution in [0, 0.1) is 18.8 Å². The molecule has 3 atom stereocenters. The summed E-state index contributed by atoms with van der Waals surface area (Å²) in [6.07, 6.45) is 3.73. The summed E-state index contributed by atoms with van der Waals surface area (Å²) in [6, 6.07) is 6.65. The van der Waals surface area contributed by atoms with Gasteiger partial charge in [-0.15, -0.1) is 0 Å². The normalized spacial score (nSPS) is 24.4. The summed E-state index contributed by atoms with van der Waals surface area (Å²) >= 11 is 0. The summed E-state index contributed by atoms with van der Waals surface area (Å²) in [5.41, 5.74) is 3.45. The molecule has 1 saturated carbocycles. The first kappa shape index (κ1) is 17.0. The van der Waals surface area contributed by atoms with Crippen molar-refractivity contribution in [1.29, 1.82) is 0 Å². The molecule has 1 aliphatic carbocycles. The first-order valence-electron chi connectivity index (χ1n) is 8.94. The molecule has 24 heavy (non-hydrogen) atoms. The van der Waals surface area contributed by atoms with Crippen molar-refractivity contribution in [2.24, 2.45) is 18.9 Å². The second kappa shape index (κ2) is 6.60. The third-order valence-corrected chi connectivity index (χ3v) is 5.91. The van der Waals surface area contributed by atoms with Gasteiger partial charge in [-0.1, -0.05) is 38.8 Å². The van der Waals surface area contributed by atoms with Gasteiger partial charge >= 0.3 is 5.97 Å². The number of hydrogen-bond acceptors (Lipinski definition) is 2. The minimum atomic E-state index is -0.854. The zero-order chi connectivity index (χ0) is 17.4. The average molecular weight is 328 g/mol. The number of carbonyl (C=O) groups is 1. The Bertz CT molecular complexity index is 763. The second-order valence-corrected chi connectivity index (χ2v) is 7.47. The number of carboxylic acid groups (broad SMARTS) is 1. The van der Waals surface area contributed by atoms with Gasteiger partial charge in [-0.25, -0.2) is 4.79 Å². The van der Waals surface area contributed by atoms with Crippen molar-refractivity contribution in [2.45, 2.75) is 52.6 Å². The number of aryl methyl sites for hydroxylation is 2. The van der Waals surface area contributed by atoms with E-state index >= 15 is 0 Å². The van der Waals surface area contributed by atoms with Crippen LogP contribution in [0.15, 0.2) is 18.2 Å². The van der Waals surface area contributed by atoms with E-state index in [1.165, 1.54) is 19.3 Å². The molecular weight excluding hydrogens is 300 g/mol. The number of aromatic carboxylic acids is 1. The molecular formula is C20H28N2O2. The Morgan fingerprint density at radius 1 is 1.33 bits per heavy atom. The predicted molar refractivity (Wildman–Crippen MR) is 97.4 cm³/mol. The molecule has 4 heteroatoms. The van der Waals surface area contributed by atoms with Gasteiger partial charge in [-0.05, 0) is 36.8 Å². The highest BCUT2D eigenvalue weighted by Gasteiger charge is 2.28. The molecule has 0 saturated heterocycles. The molecule has 4 nitrogen and oxygen atoms in total. The summed E-state index contributed by atoms with van der Waals surface area (Å²) in [5.74, 6) is 0.503. The molecule has 130 valence electrons. The van der Waals surface area contributed by atoms with E-state index in [4.69, 9.17) is 0 Å². The van der Waals surface area contributed by atoms with Crippen molar-refractivity contribution in [2.75, 3.05) is 0 Å². The van der Waals surface area contributed by atoms with E-state index in [1.54, 1.807) is 0 Å². The van der Waals surface area contributed by atoms with Gasteiger partial charge in [0.1, 0.15) is 5.69 Å². The van der Waals surface area contributed by atoms with E-state index in [2.05, 4.69) is 37.4 Å². The predicted octanol–water partition coefficient (Wildman–Crippen LogP) is 4.10. The largest absolute Gasteiger partial charge is 0.477 e. The van der Waals surface area contributed by atoms with Gasteiger partial charge in [-0.2, -0.15) is 0 Å². The average Bonchev–Trinajstić information content (AvgIpc) is 2.81. The minimum Gasteiger partial charge on any atom is -0.477 e. The molecule has 0 unspecified atom stereocenters. The molecule has 1 aromatic carbocycles. The summed E-state index contributed by atoms with van der Waals surface area (Å²) in [7, 11) is 1.85. The monoisotopic (exact) mass is 328 g/mol. The number of rotatable bonds is 4. The highest BCUT2D eigenvalue weighted by Crippen LogP contribution is 2.31. The van der Waals surface area contributed by atoms with Gasteiger partial charge in [-0.3, -0.25) is 0 Å². The second-order valence-electron chi connectivity index (χ2n) is 7.47. The van der Waals surface area contributed by atoms with Crippen LogP contribution < -0.4 is 5.32 Å². The van der Waals surface area contributed by atoms with E-state index in [0.717, 1.165) is 27.9 Å². The van der Waals surface area contributed by atoms with Crippen LogP contribution in [0.1, 0.15) is 54.7 Å². The molecule has 0 radical (unpaired) electrons. The van der Waals surface area contributed by atoms with Crippen molar-refractivity contribution in [3.63, 3.8) is 0 Å². The van der Waals surface area contributed by atoms with E-state index in [-0.39, 0.29) is 0 Å². The minimum absolute atomic E-state index is 0.402. The lowest BCUT2D eigenvalue weighted by Gasteiger charge is -2.34. The summed E-state index contributed by atoms with van der Waals surface area (Å²) in [5, 5.41) is 14.4. The van der Waals surface area contributed by atoms with Gasteiger partial charge < -0.3 is 15.0 Å². The zero-order valence-corrected chi connectivity index (χ0v) is 15.1. The van der Waals surface area contributed by atoms with Crippen molar-refractivity contribution in [3.8, 4) is 0 Å². The van der Waals surface area contributed by atoms with Crippen molar-refractivity contribution >= 4 is 16.9 Å². The smallest absolute Gasteiger partial charge is 0.352 e. The Kier molecular flexibility index (Phi) is 4.68. The summed E-state index contributed by atoms with van der Waals surface area (Å²) in [4.78, 5) is 11.8. The van der Waals surface area contributed by atoms with Gasteiger partial charge in [0.25, 0.3) is 0 Å². The lowest BCUT2D eigenvalue weighted by atomic mass is 9.78. The number of nitrogens with one attached hydrogen (secondary N) is 1. The molecule has 3 rings (SSSR count). The van der Waals surface area contributed by atoms with E-state index < -0.39 is 5.97 Å². The number of fused-ring (bicyclic) bond motifs is 1. The number of benzene rings is 1. The SMILES string of the molecule is Cc1ccc2c(CN[C@@H]3CCC[C@@H](C)[C@H]3C)c(C(=O)O)n(C)c2c1. The van der Waals surface area contributed by atoms with Crippen LogP contribution in [0.2, 0.25) is 0 Å². The molecule has 0 amide bonds. The summed E-state index contributed by atoms with van der Waals surface area (Å²) in [6.45, 7) is 7.29. The van der Waals surface area contributed by atoms with E-state index in [1.807, 2.05) is 18.5 Å². The molecule has 1 fully saturated rings. The van der Waals surface area contributed by atoms with Gasteiger partial charge in [0, 0.05) is 36.1 Å². The van der Waals surface area contributed by atoms with E-state index in [0.29, 0.717) is 24.2 Å². The maximum Gasteiger partial charge on any atom is 0.352 e. The molecule has 0 spiro atoms. The fourth-order valence-electron chi connectivity index (χ4n) is 4.18. The Morgan fingerprint density at radius 2 is 2.08 bits per heavy atom. The molecule has 0 bridgehead atoms. The Morgan fingerprint density at radius 3 is 2.79 bits per heavy atom. The van der Waals surface area contributed by atoms with Crippen LogP contribution >= 0.6 is 0 Å². The van der Waals surface area contributed by atoms with Gasteiger partial charge in [0.05, 0.1) is 0 Å². The lowest BCUT2D eigenvalue weighted by Crippen LogP contribution is -2.40. The fourth-order valence-corrected chi connectivity index (χ4v) is 4.18. The van der Waals surface area contributed by atoms with Crippen molar-refractivity contribution in [1.82, 2.24) is 9.88 Å². The van der Waals surface area contributed by atoms with Crippen molar-refractivity contribution < 1.29 is 9.90 Å². The van der Waals surface area contributed by atoms with Crippen LogP contribution in [0.4, 0.5) is 0 Å². The highest BCUT2D eigenvalue weighted by atomic mass is 16.4. The molecule has 2 N–H and O–H groups in total. The zero-order valence-electron chi connectivity index (χ0n) is 15.1. The highest BCUT2D eigenvalue weighted by molar-refractivity contribution is 5.98. The van der Waals surface area contributed by atoms with Crippen LogP contribution in [0.5, 0.6) is 0 Å². The maximum atomic E-state index is 11.8. The topological polar surface area (TPSA) is 54.3 Å². The Hall–Kier alpha value is -1.81. The molecule has 2 aromatic rings. The van der Waals surface area contributed by atoms with Gasteiger partial charge in [0.15, 0.2) is 0 Å². The summed E-state index contributed by atoms with van der Waals surface area (Å²) < 4.78 is 1.81. The van der Waals surface area contributed by atoms with Gasteiger partial charge in [0.2, 0.25) is 0 Å². The lowest BCUT2D eigenvalue weighted by molar-refractivity contribution is 0.0685. The molecule has 1 aromatic heterocycles. The van der Waals surface area contributed by atoms with Crippen LogP contribution in [-0.2, 0) is 13.6 Å². The van der Waals surface area contributed by atoms with Crippen LogP contribution in [0.3, 0.4) is 0 Å². The first-order valence-corrected chi connectivity index (χ1v) is 8.94. The van der Waals surface area contributed by atoms with Crippen LogP contribution in [-0.4, -0.2) is 21.7 Å². The number of hydrogen-bond donors (Lipinski definition) is 2. The number of carboxylic acids is 1. The molecule has 0 aliphatic heterocycles. The third kappa shape index (κ3) is 2.95. The molecule has 1 heterocycles. The Labute approximate surface area is 143 Å². The third-order valence-electron chi connectivity index (χ3n) is 5.91. The van der Waals surface area contributed by atoms with E-state index in [9.17, 15) is 9.90 Å².